The topological polar surface area (TPSA) is 133 Å². The minimum Gasteiger partial charge on any atom is -0.464 e. The third-order valence-corrected chi connectivity index (χ3v) is 6.33. The number of sulfonamides is 1. The van der Waals surface area contributed by atoms with Crippen LogP contribution in [0.3, 0.4) is 0 Å². The Morgan fingerprint density at radius 3 is 2.90 bits per heavy atom. The van der Waals surface area contributed by atoms with Gasteiger partial charge in [0.1, 0.15) is 6.61 Å². The number of ether oxygens (including phenoxy) is 1. The molecule has 156 valence electrons. The van der Waals surface area contributed by atoms with Crippen molar-refractivity contribution in [2.45, 2.75) is 50.6 Å². The van der Waals surface area contributed by atoms with E-state index in [0.29, 0.717) is 18.5 Å². The van der Waals surface area contributed by atoms with Crippen LogP contribution >= 0.6 is 0 Å². The van der Waals surface area contributed by atoms with Crippen LogP contribution in [-0.4, -0.2) is 35.7 Å². The summed E-state index contributed by atoms with van der Waals surface area (Å²) in [4.78, 5) is 21.3. The maximum Gasteiger partial charge on any atom is 0.302 e. The first-order valence-corrected chi connectivity index (χ1v) is 10.6. The Morgan fingerprint density at radius 2 is 2.21 bits per heavy atom. The van der Waals surface area contributed by atoms with Crippen LogP contribution in [0.2, 0.25) is 0 Å². The van der Waals surface area contributed by atoms with Gasteiger partial charge in [-0.2, -0.15) is 5.10 Å². The largest absolute Gasteiger partial charge is 0.464 e. The molecule has 1 atom stereocenters. The van der Waals surface area contributed by atoms with Gasteiger partial charge in [0.05, 0.1) is 28.6 Å². The Hall–Kier alpha value is -2.79. The van der Waals surface area contributed by atoms with Crippen LogP contribution in [0.5, 0.6) is 0 Å². The summed E-state index contributed by atoms with van der Waals surface area (Å²) in [7, 11) is -3.96. The van der Waals surface area contributed by atoms with E-state index >= 15 is 0 Å². The van der Waals surface area contributed by atoms with Gasteiger partial charge in [0.15, 0.2) is 0 Å². The van der Waals surface area contributed by atoms with Crippen LogP contribution in [-0.2, 0) is 32.5 Å². The predicted octanol–water partition coefficient (Wildman–Crippen LogP) is 2.02. The number of aromatic nitrogens is 2. The Morgan fingerprint density at radius 1 is 1.45 bits per heavy atom. The molecule has 1 heterocycles. The van der Waals surface area contributed by atoms with Crippen LogP contribution in [0.25, 0.3) is 0 Å². The molecule has 0 fully saturated rings. The average Bonchev–Trinajstić information content (AvgIpc) is 3.05. The van der Waals surface area contributed by atoms with Crippen molar-refractivity contribution in [2.24, 2.45) is 0 Å². The maximum atomic E-state index is 12.8. The number of carbonyl (C=O) groups is 1. The number of nitro groups is 1. The predicted molar refractivity (Wildman–Crippen MR) is 103 cm³/mol. The monoisotopic (exact) mass is 422 g/mol. The van der Waals surface area contributed by atoms with Crippen LogP contribution in [0.4, 0.5) is 5.69 Å². The zero-order chi connectivity index (χ0) is 21.2. The standard InChI is InChI=1S/C18H22N4O6S/c1-12-6-7-14(10-18(12)22(24)25)29(26,27)20-16-4-3-5-17-15(16)11-19-21(17)8-9-28-13(2)23/h6-7,10-11,16,20H,3-5,8-9H2,1-2H3. The van der Waals surface area contributed by atoms with Gasteiger partial charge in [0.2, 0.25) is 10.0 Å². The molecule has 1 aromatic carbocycles. The van der Waals surface area contributed by atoms with Gasteiger partial charge in [0.25, 0.3) is 5.69 Å². The van der Waals surface area contributed by atoms with E-state index < -0.39 is 21.0 Å². The third kappa shape index (κ3) is 4.62. The fourth-order valence-corrected chi connectivity index (χ4v) is 4.69. The minimum absolute atomic E-state index is 0.149. The number of benzene rings is 1. The molecule has 1 aliphatic carbocycles. The summed E-state index contributed by atoms with van der Waals surface area (Å²) >= 11 is 0. The molecular formula is C18H22N4O6S. The number of rotatable bonds is 7. The molecule has 1 unspecified atom stereocenters. The molecule has 0 aliphatic heterocycles. The van der Waals surface area contributed by atoms with Gasteiger partial charge in [-0.3, -0.25) is 19.6 Å². The molecule has 1 aromatic heterocycles. The Labute approximate surface area is 168 Å². The number of nitrogens with zero attached hydrogens (tertiary/aromatic N) is 3. The third-order valence-electron chi connectivity index (χ3n) is 4.86. The van der Waals surface area contributed by atoms with Gasteiger partial charge < -0.3 is 4.74 Å². The lowest BCUT2D eigenvalue weighted by Crippen LogP contribution is -2.31. The van der Waals surface area contributed by atoms with E-state index in [1.165, 1.54) is 19.1 Å². The number of hydrogen-bond acceptors (Lipinski definition) is 7. The summed E-state index contributed by atoms with van der Waals surface area (Å²) in [6.45, 7) is 3.46. The second-order valence-electron chi connectivity index (χ2n) is 6.88. The first-order valence-electron chi connectivity index (χ1n) is 9.14. The van der Waals surface area contributed by atoms with Gasteiger partial charge in [0, 0.05) is 29.8 Å². The van der Waals surface area contributed by atoms with Crippen molar-refractivity contribution in [1.82, 2.24) is 14.5 Å². The van der Waals surface area contributed by atoms with Crippen molar-refractivity contribution in [2.75, 3.05) is 6.61 Å². The minimum atomic E-state index is -3.96. The van der Waals surface area contributed by atoms with E-state index in [4.69, 9.17) is 4.74 Å². The van der Waals surface area contributed by atoms with E-state index in [9.17, 15) is 23.3 Å². The normalized spacial score (nSPS) is 16.3. The van der Waals surface area contributed by atoms with E-state index in [1.807, 2.05) is 0 Å². The summed E-state index contributed by atoms with van der Waals surface area (Å²) in [6.07, 6.45) is 3.71. The van der Waals surface area contributed by atoms with Crippen molar-refractivity contribution >= 4 is 21.7 Å². The van der Waals surface area contributed by atoms with Crippen molar-refractivity contribution in [3.05, 3.63) is 51.3 Å². The van der Waals surface area contributed by atoms with Crippen molar-refractivity contribution < 1.29 is 22.9 Å². The molecule has 0 radical (unpaired) electrons. The van der Waals surface area contributed by atoms with Gasteiger partial charge in [-0.15, -0.1) is 0 Å². The zero-order valence-electron chi connectivity index (χ0n) is 16.1. The highest BCUT2D eigenvalue weighted by atomic mass is 32.2. The molecule has 0 saturated carbocycles. The number of aryl methyl sites for hydroxylation is 1. The molecule has 10 nitrogen and oxygen atoms in total. The smallest absolute Gasteiger partial charge is 0.302 e. The van der Waals surface area contributed by atoms with E-state index in [0.717, 1.165) is 30.2 Å². The molecular weight excluding hydrogens is 400 g/mol. The highest BCUT2D eigenvalue weighted by molar-refractivity contribution is 7.89. The summed E-state index contributed by atoms with van der Waals surface area (Å²) in [5, 5.41) is 15.4. The van der Waals surface area contributed by atoms with E-state index in [2.05, 4.69) is 9.82 Å². The molecule has 1 N–H and O–H groups in total. The second kappa shape index (κ2) is 8.29. The molecule has 2 aromatic rings. The van der Waals surface area contributed by atoms with E-state index in [1.54, 1.807) is 17.8 Å². The summed E-state index contributed by atoms with van der Waals surface area (Å²) < 4.78 is 35.0. The Bertz CT molecular complexity index is 1050. The fourth-order valence-electron chi connectivity index (χ4n) is 3.42. The highest BCUT2D eigenvalue weighted by Gasteiger charge is 2.29. The van der Waals surface area contributed by atoms with Gasteiger partial charge in [-0.25, -0.2) is 13.1 Å². The van der Waals surface area contributed by atoms with Crippen LogP contribution < -0.4 is 4.72 Å². The van der Waals surface area contributed by atoms with Crippen LogP contribution in [0.15, 0.2) is 29.3 Å². The molecule has 29 heavy (non-hydrogen) atoms. The molecule has 0 saturated heterocycles. The molecule has 0 amide bonds. The number of carbonyl (C=O) groups excluding carboxylic acids is 1. The number of fused-ring (bicyclic) bond motifs is 1. The van der Waals surface area contributed by atoms with Crippen LogP contribution in [0, 0.1) is 17.0 Å². The average molecular weight is 422 g/mol. The molecule has 1 aliphatic rings. The number of hydrogen-bond donors (Lipinski definition) is 1. The van der Waals surface area contributed by atoms with Gasteiger partial charge >= 0.3 is 5.97 Å². The Kier molecular flexibility index (Phi) is 5.99. The lowest BCUT2D eigenvalue weighted by molar-refractivity contribution is -0.385. The number of esters is 1. The van der Waals surface area contributed by atoms with Crippen LogP contribution in [0.1, 0.15) is 42.6 Å². The quantitative estimate of drug-likeness (QED) is 0.410. The summed E-state index contributed by atoms with van der Waals surface area (Å²) in [5.74, 6) is -0.371. The van der Waals surface area contributed by atoms with Crippen molar-refractivity contribution in [3.8, 4) is 0 Å². The first kappa shape index (κ1) is 20.9. The lowest BCUT2D eigenvalue weighted by Gasteiger charge is -2.24. The highest BCUT2D eigenvalue weighted by Crippen LogP contribution is 2.31. The SMILES string of the molecule is CC(=O)OCCn1ncc2c1CCCC2NS(=O)(=O)c1ccc(C)c([N+](=O)[O-])c1. The zero-order valence-corrected chi connectivity index (χ0v) is 16.9. The maximum absolute atomic E-state index is 12.8. The number of nitrogens with one attached hydrogen (secondary N) is 1. The second-order valence-corrected chi connectivity index (χ2v) is 8.60. The molecule has 0 spiro atoms. The summed E-state index contributed by atoms with van der Waals surface area (Å²) in [5.41, 5.74) is 1.81. The first-order chi connectivity index (χ1) is 13.7. The van der Waals surface area contributed by atoms with Crippen molar-refractivity contribution in [3.63, 3.8) is 0 Å². The molecule has 0 bridgehead atoms. The lowest BCUT2D eigenvalue weighted by atomic mass is 9.94. The molecule has 11 heteroatoms. The number of nitro benzene ring substituents is 1. The van der Waals surface area contributed by atoms with E-state index in [-0.39, 0.29) is 23.2 Å². The van der Waals surface area contributed by atoms with Gasteiger partial charge in [-0.1, -0.05) is 6.07 Å². The Balaban J connectivity index is 1.81. The fraction of sp³-hybridized carbons (Fsp3) is 0.444. The molecule has 3 rings (SSSR count). The van der Waals surface area contributed by atoms with Crippen molar-refractivity contribution in [1.29, 1.82) is 0 Å². The van der Waals surface area contributed by atoms with Gasteiger partial charge in [-0.05, 0) is 32.3 Å². The summed E-state index contributed by atoms with van der Waals surface area (Å²) in [6, 6.07) is 3.37.